The summed E-state index contributed by atoms with van der Waals surface area (Å²) < 4.78 is 10.7. The van der Waals surface area contributed by atoms with E-state index in [0.29, 0.717) is 23.3 Å². The van der Waals surface area contributed by atoms with Gasteiger partial charge in [0.25, 0.3) is 0 Å². The van der Waals surface area contributed by atoms with E-state index in [-0.39, 0.29) is 18.3 Å². The van der Waals surface area contributed by atoms with Crippen molar-refractivity contribution in [1.29, 1.82) is 0 Å². The summed E-state index contributed by atoms with van der Waals surface area (Å²) in [6, 6.07) is 7.23. The monoisotopic (exact) mass is 218 g/mol. The van der Waals surface area contributed by atoms with E-state index in [9.17, 15) is 4.79 Å². The van der Waals surface area contributed by atoms with Crippen molar-refractivity contribution in [3.05, 3.63) is 40.2 Å². The van der Waals surface area contributed by atoms with Crippen molar-refractivity contribution in [2.24, 2.45) is 0 Å². The largest absolute Gasteiger partial charge is 0.486 e. The lowest BCUT2D eigenvalue weighted by Crippen LogP contribution is -2.18. The van der Waals surface area contributed by atoms with Crippen LogP contribution >= 0.6 is 0 Å². The molecule has 2 aromatic rings. The van der Waals surface area contributed by atoms with Crippen LogP contribution in [0, 0.1) is 0 Å². The van der Waals surface area contributed by atoms with E-state index in [2.05, 4.69) is 0 Å². The summed E-state index contributed by atoms with van der Waals surface area (Å²) in [7, 11) is 0. The van der Waals surface area contributed by atoms with Gasteiger partial charge in [-0.15, -0.1) is 0 Å². The van der Waals surface area contributed by atoms with E-state index in [1.807, 2.05) is 12.1 Å². The second-order valence-corrected chi connectivity index (χ2v) is 3.82. The molecule has 1 aromatic carbocycles. The van der Waals surface area contributed by atoms with E-state index in [1.54, 1.807) is 12.1 Å². The predicted octanol–water partition coefficient (Wildman–Crippen LogP) is 1.09. The number of rotatable bonds is 1. The van der Waals surface area contributed by atoms with Gasteiger partial charge in [-0.2, -0.15) is 0 Å². The standard InChI is InChI=1S/C12H10O4/c13-6-7-5-9-11(15-7)8-3-1-2-4-10(8)16-12(9)14/h1-4,7,13H,5-6H2. The molecule has 4 heteroatoms. The molecule has 0 saturated carbocycles. The molecule has 0 aliphatic carbocycles. The van der Waals surface area contributed by atoms with Crippen LogP contribution < -0.4 is 10.4 Å². The van der Waals surface area contributed by atoms with Crippen molar-refractivity contribution in [1.82, 2.24) is 0 Å². The van der Waals surface area contributed by atoms with Crippen LogP contribution in [0.4, 0.5) is 0 Å². The first-order chi connectivity index (χ1) is 7.79. The molecule has 82 valence electrons. The summed E-state index contributed by atoms with van der Waals surface area (Å²) in [5, 5.41) is 9.83. The van der Waals surface area contributed by atoms with E-state index < -0.39 is 0 Å². The summed E-state index contributed by atoms with van der Waals surface area (Å²) in [5.41, 5.74) is 0.673. The van der Waals surface area contributed by atoms with Crippen LogP contribution in [0.1, 0.15) is 5.56 Å². The van der Waals surface area contributed by atoms with E-state index in [1.165, 1.54) is 0 Å². The normalized spacial score (nSPS) is 18.4. The number of fused-ring (bicyclic) bond motifs is 3. The molecule has 0 bridgehead atoms. The maximum atomic E-state index is 11.7. The topological polar surface area (TPSA) is 59.7 Å². The van der Waals surface area contributed by atoms with Gasteiger partial charge in [-0.3, -0.25) is 0 Å². The Hall–Kier alpha value is -1.81. The van der Waals surface area contributed by atoms with Crippen LogP contribution in [-0.2, 0) is 6.42 Å². The molecule has 1 aliphatic heterocycles. The van der Waals surface area contributed by atoms with Crippen LogP contribution in [0.5, 0.6) is 5.75 Å². The van der Waals surface area contributed by atoms with Gasteiger partial charge in [0, 0.05) is 6.42 Å². The van der Waals surface area contributed by atoms with Crippen LogP contribution in [0.3, 0.4) is 0 Å². The van der Waals surface area contributed by atoms with Gasteiger partial charge in [0.05, 0.1) is 17.6 Å². The number of benzene rings is 1. The third-order valence-corrected chi connectivity index (χ3v) is 2.77. The highest BCUT2D eigenvalue weighted by Gasteiger charge is 2.28. The Kier molecular flexibility index (Phi) is 1.97. The van der Waals surface area contributed by atoms with E-state index in [0.717, 1.165) is 5.39 Å². The fourth-order valence-electron chi connectivity index (χ4n) is 2.01. The number of hydrogen-bond donors (Lipinski definition) is 1. The van der Waals surface area contributed by atoms with Crippen LogP contribution in [0.25, 0.3) is 11.0 Å². The van der Waals surface area contributed by atoms with Gasteiger partial charge in [-0.1, -0.05) is 12.1 Å². The summed E-state index contributed by atoms with van der Waals surface area (Å²) in [5.74, 6) is 0.561. The van der Waals surface area contributed by atoms with Crippen LogP contribution in [0.15, 0.2) is 33.5 Å². The highest BCUT2D eigenvalue weighted by atomic mass is 16.5. The maximum Gasteiger partial charge on any atom is 0.343 e. The van der Waals surface area contributed by atoms with Crippen molar-refractivity contribution in [2.45, 2.75) is 12.5 Å². The Bertz CT molecular complexity index is 599. The lowest BCUT2D eigenvalue weighted by molar-refractivity contribution is 0.136. The zero-order valence-corrected chi connectivity index (χ0v) is 8.47. The minimum atomic E-state index is -0.371. The first-order valence-corrected chi connectivity index (χ1v) is 5.12. The van der Waals surface area contributed by atoms with Gasteiger partial charge >= 0.3 is 5.63 Å². The van der Waals surface area contributed by atoms with Gasteiger partial charge in [0.2, 0.25) is 0 Å². The smallest absolute Gasteiger partial charge is 0.343 e. The fraction of sp³-hybridized carbons (Fsp3) is 0.250. The number of aliphatic hydroxyl groups is 1. The molecule has 0 amide bonds. The summed E-state index contributed by atoms with van der Waals surface area (Å²) in [6.07, 6.45) is 0.0858. The molecule has 0 saturated heterocycles. The lowest BCUT2D eigenvalue weighted by atomic mass is 10.1. The van der Waals surface area contributed by atoms with Crippen molar-refractivity contribution in [3.63, 3.8) is 0 Å². The zero-order valence-electron chi connectivity index (χ0n) is 8.47. The molecule has 4 nitrogen and oxygen atoms in total. The fourth-order valence-corrected chi connectivity index (χ4v) is 2.01. The SMILES string of the molecule is O=c1oc2ccccc2c2c1CC(CO)O2. The molecular formula is C12H10O4. The minimum absolute atomic E-state index is 0.0948. The number of aliphatic hydroxyl groups excluding tert-OH is 1. The van der Waals surface area contributed by atoms with Gasteiger partial charge in [0.1, 0.15) is 17.4 Å². The molecule has 1 N–H and O–H groups in total. The Morgan fingerprint density at radius 1 is 1.38 bits per heavy atom. The molecule has 16 heavy (non-hydrogen) atoms. The van der Waals surface area contributed by atoms with E-state index >= 15 is 0 Å². The third kappa shape index (κ3) is 1.23. The summed E-state index contributed by atoms with van der Waals surface area (Å²) in [6.45, 7) is -0.0948. The molecule has 1 aromatic heterocycles. The molecule has 0 radical (unpaired) electrons. The maximum absolute atomic E-state index is 11.7. The average molecular weight is 218 g/mol. The van der Waals surface area contributed by atoms with Gasteiger partial charge in [0.15, 0.2) is 0 Å². The van der Waals surface area contributed by atoms with Crippen molar-refractivity contribution in [3.8, 4) is 5.75 Å². The molecule has 2 heterocycles. The van der Waals surface area contributed by atoms with Crippen LogP contribution in [0.2, 0.25) is 0 Å². The molecule has 0 spiro atoms. The molecule has 1 atom stereocenters. The Labute approximate surface area is 91.1 Å². The van der Waals surface area contributed by atoms with Crippen molar-refractivity contribution >= 4 is 11.0 Å². The lowest BCUT2D eigenvalue weighted by Gasteiger charge is -2.06. The summed E-state index contributed by atoms with van der Waals surface area (Å²) in [4.78, 5) is 11.7. The second kappa shape index (κ2) is 3.35. The van der Waals surface area contributed by atoms with Crippen molar-refractivity contribution < 1.29 is 14.3 Å². The Balaban J connectivity index is 2.31. The zero-order chi connectivity index (χ0) is 11.1. The second-order valence-electron chi connectivity index (χ2n) is 3.82. The van der Waals surface area contributed by atoms with Crippen LogP contribution in [-0.4, -0.2) is 17.8 Å². The quantitative estimate of drug-likeness (QED) is 0.728. The van der Waals surface area contributed by atoms with Gasteiger partial charge in [-0.25, -0.2) is 4.79 Å². The highest BCUT2D eigenvalue weighted by molar-refractivity contribution is 5.84. The number of ether oxygens (including phenoxy) is 1. The first kappa shape index (κ1) is 9.42. The van der Waals surface area contributed by atoms with Gasteiger partial charge < -0.3 is 14.3 Å². The predicted molar refractivity (Wildman–Crippen MR) is 57.7 cm³/mol. The average Bonchev–Trinajstić information content (AvgIpc) is 2.74. The molecule has 1 aliphatic rings. The molecule has 0 fully saturated rings. The van der Waals surface area contributed by atoms with Gasteiger partial charge in [-0.05, 0) is 12.1 Å². The first-order valence-electron chi connectivity index (χ1n) is 5.12. The summed E-state index contributed by atoms with van der Waals surface area (Å²) >= 11 is 0. The number of hydrogen-bond acceptors (Lipinski definition) is 4. The Morgan fingerprint density at radius 3 is 3.00 bits per heavy atom. The molecule has 3 rings (SSSR count). The molecule has 1 unspecified atom stereocenters. The highest BCUT2D eigenvalue weighted by Crippen LogP contribution is 2.33. The van der Waals surface area contributed by atoms with Crippen molar-refractivity contribution in [2.75, 3.05) is 6.61 Å². The third-order valence-electron chi connectivity index (χ3n) is 2.77. The minimum Gasteiger partial charge on any atom is -0.486 e. The Morgan fingerprint density at radius 2 is 2.19 bits per heavy atom. The van der Waals surface area contributed by atoms with E-state index in [4.69, 9.17) is 14.3 Å². The molecular weight excluding hydrogens is 208 g/mol. The number of para-hydroxylation sites is 1.